The summed E-state index contributed by atoms with van der Waals surface area (Å²) < 4.78 is 0. The Morgan fingerprint density at radius 1 is 0.885 bits per heavy atom. The summed E-state index contributed by atoms with van der Waals surface area (Å²) in [5, 5.41) is 5.13. The standard InChI is InChI=1S/C22H20N2O2/c25-21-15-24(14-16-7-2-1-3-8-16)22(26)20(23-21)13-18-11-6-10-17-9-4-5-12-19(17)18/h1-12,20H,13-15H2,(H,23,25). The average Bonchev–Trinajstić information content (AvgIpc) is 2.66. The van der Waals surface area contributed by atoms with Crippen molar-refractivity contribution in [3.05, 3.63) is 83.9 Å². The van der Waals surface area contributed by atoms with Gasteiger partial charge in [0.1, 0.15) is 6.04 Å². The minimum absolute atomic E-state index is 0.0265. The zero-order valence-electron chi connectivity index (χ0n) is 14.4. The Hall–Kier alpha value is -3.14. The van der Waals surface area contributed by atoms with Gasteiger partial charge < -0.3 is 10.2 Å². The van der Waals surface area contributed by atoms with Gasteiger partial charge in [0.05, 0.1) is 6.54 Å². The lowest BCUT2D eigenvalue weighted by atomic mass is 9.97. The van der Waals surface area contributed by atoms with Crippen LogP contribution in [-0.4, -0.2) is 29.3 Å². The second-order valence-corrected chi connectivity index (χ2v) is 6.64. The van der Waals surface area contributed by atoms with Crippen molar-refractivity contribution in [2.75, 3.05) is 6.54 Å². The van der Waals surface area contributed by atoms with Crippen LogP contribution in [0.3, 0.4) is 0 Å². The second kappa shape index (κ2) is 7.00. The zero-order chi connectivity index (χ0) is 17.9. The molecule has 0 radical (unpaired) electrons. The Kier molecular flexibility index (Phi) is 4.40. The zero-order valence-corrected chi connectivity index (χ0v) is 14.4. The monoisotopic (exact) mass is 344 g/mol. The van der Waals surface area contributed by atoms with Crippen molar-refractivity contribution in [3.63, 3.8) is 0 Å². The van der Waals surface area contributed by atoms with Crippen LogP contribution in [0.1, 0.15) is 11.1 Å². The molecule has 1 saturated heterocycles. The fourth-order valence-corrected chi connectivity index (χ4v) is 3.54. The van der Waals surface area contributed by atoms with Crippen LogP contribution < -0.4 is 5.32 Å². The molecule has 1 fully saturated rings. The average molecular weight is 344 g/mol. The minimum atomic E-state index is -0.522. The van der Waals surface area contributed by atoms with Crippen LogP contribution in [0, 0.1) is 0 Å². The maximum atomic E-state index is 12.9. The van der Waals surface area contributed by atoms with Crippen molar-refractivity contribution >= 4 is 22.6 Å². The van der Waals surface area contributed by atoms with E-state index in [1.54, 1.807) is 4.90 Å². The topological polar surface area (TPSA) is 49.4 Å². The number of hydrogen-bond acceptors (Lipinski definition) is 2. The van der Waals surface area contributed by atoms with Gasteiger partial charge >= 0.3 is 0 Å². The minimum Gasteiger partial charge on any atom is -0.342 e. The van der Waals surface area contributed by atoms with Gasteiger partial charge in [-0.05, 0) is 21.9 Å². The highest BCUT2D eigenvalue weighted by Crippen LogP contribution is 2.21. The molecule has 0 saturated carbocycles. The SMILES string of the molecule is O=C1CN(Cc2ccccc2)C(=O)C(Cc2cccc3ccccc23)N1. The van der Waals surface area contributed by atoms with Crippen molar-refractivity contribution in [1.82, 2.24) is 10.2 Å². The maximum Gasteiger partial charge on any atom is 0.246 e. The van der Waals surface area contributed by atoms with Crippen molar-refractivity contribution in [3.8, 4) is 0 Å². The van der Waals surface area contributed by atoms with E-state index in [0.717, 1.165) is 21.9 Å². The first-order chi connectivity index (χ1) is 12.7. The molecule has 3 aromatic rings. The van der Waals surface area contributed by atoms with E-state index in [1.807, 2.05) is 54.6 Å². The van der Waals surface area contributed by atoms with Crippen LogP contribution >= 0.6 is 0 Å². The van der Waals surface area contributed by atoms with E-state index in [4.69, 9.17) is 0 Å². The number of hydrogen-bond donors (Lipinski definition) is 1. The predicted octanol–water partition coefficient (Wildman–Crippen LogP) is 2.91. The molecule has 0 bridgehead atoms. The number of fused-ring (bicyclic) bond motifs is 1. The Bertz CT molecular complexity index is 947. The molecular weight excluding hydrogens is 324 g/mol. The van der Waals surface area contributed by atoms with Gasteiger partial charge in [-0.2, -0.15) is 0 Å². The highest BCUT2D eigenvalue weighted by molar-refractivity contribution is 5.95. The molecule has 3 aromatic carbocycles. The molecule has 4 nitrogen and oxygen atoms in total. The van der Waals surface area contributed by atoms with Crippen LogP contribution in [-0.2, 0) is 22.6 Å². The highest BCUT2D eigenvalue weighted by atomic mass is 16.2. The van der Waals surface area contributed by atoms with E-state index in [0.29, 0.717) is 13.0 Å². The molecule has 0 aliphatic carbocycles. The molecule has 1 N–H and O–H groups in total. The lowest BCUT2D eigenvalue weighted by Gasteiger charge is -2.33. The number of nitrogens with one attached hydrogen (secondary N) is 1. The van der Waals surface area contributed by atoms with Gasteiger partial charge in [-0.15, -0.1) is 0 Å². The number of nitrogens with zero attached hydrogens (tertiary/aromatic N) is 1. The Labute approximate surface area is 152 Å². The molecule has 1 unspecified atom stereocenters. The smallest absolute Gasteiger partial charge is 0.246 e. The molecular formula is C22H20N2O2. The van der Waals surface area contributed by atoms with Gasteiger partial charge in [-0.25, -0.2) is 0 Å². The fourth-order valence-electron chi connectivity index (χ4n) is 3.54. The number of amides is 2. The molecule has 4 rings (SSSR count). The molecule has 1 aliphatic rings. The summed E-state index contributed by atoms with van der Waals surface area (Å²) in [4.78, 5) is 26.7. The lowest BCUT2D eigenvalue weighted by Crippen LogP contribution is -2.58. The highest BCUT2D eigenvalue weighted by Gasteiger charge is 2.32. The third-order valence-electron chi connectivity index (χ3n) is 4.80. The van der Waals surface area contributed by atoms with Crippen LogP contribution in [0.4, 0.5) is 0 Å². The summed E-state index contributed by atoms with van der Waals surface area (Å²) in [6.45, 7) is 0.568. The normalized spacial score (nSPS) is 17.4. The van der Waals surface area contributed by atoms with Crippen molar-refractivity contribution in [1.29, 1.82) is 0 Å². The van der Waals surface area contributed by atoms with Crippen LogP contribution in [0.5, 0.6) is 0 Å². The molecule has 0 spiro atoms. The summed E-state index contributed by atoms with van der Waals surface area (Å²) in [6, 6.07) is 23.4. The molecule has 2 amide bonds. The molecule has 1 heterocycles. The molecule has 1 atom stereocenters. The van der Waals surface area contributed by atoms with E-state index in [1.165, 1.54) is 0 Å². The Morgan fingerprint density at radius 2 is 1.62 bits per heavy atom. The molecule has 0 aromatic heterocycles. The van der Waals surface area contributed by atoms with E-state index >= 15 is 0 Å². The summed E-state index contributed by atoms with van der Waals surface area (Å²) in [7, 11) is 0. The summed E-state index contributed by atoms with van der Waals surface area (Å²) >= 11 is 0. The number of rotatable bonds is 4. The molecule has 26 heavy (non-hydrogen) atoms. The third kappa shape index (κ3) is 3.31. The van der Waals surface area contributed by atoms with Crippen molar-refractivity contribution < 1.29 is 9.59 Å². The largest absolute Gasteiger partial charge is 0.342 e. The molecule has 130 valence electrons. The summed E-state index contributed by atoms with van der Waals surface area (Å²) in [6.07, 6.45) is 0.497. The van der Waals surface area contributed by atoms with Crippen molar-refractivity contribution in [2.45, 2.75) is 19.0 Å². The Morgan fingerprint density at radius 3 is 2.46 bits per heavy atom. The fraction of sp³-hybridized carbons (Fsp3) is 0.182. The predicted molar refractivity (Wildman–Crippen MR) is 101 cm³/mol. The number of benzene rings is 3. The quantitative estimate of drug-likeness (QED) is 0.791. The number of carbonyl (C=O) groups excluding carboxylic acids is 2. The van der Waals surface area contributed by atoms with Gasteiger partial charge in [0.2, 0.25) is 11.8 Å². The van der Waals surface area contributed by atoms with Crippen molar-refractivity contribution in [2.24, 2.45) is 0 Å². The first-order valence-electron chi connectivity index (χ1n) is 8.79. The van der Waals surface area contributed by atoms with Gasteiger partial charge in [0.15, 0.2) is 0 Å². The summed E-state index contributed by atoms with van der Waals surface area (Å²) in [5.41, 5.74) is 2.10. The summed E-state index contributed by atoms with van der Waals surface area (Å²) in [5.74, 6) is -0.132. The van der Waals surface area contributed by atoms with Crippen LogP contribution in [0.15, 0.2) is 72.8 Å². The van der Waals surface area contributed by atoms with Gasteiger partial charge in [-0.1, -0.05) is 72.8 Å². The van der Waals surface area contributed by atoms with E-state index < -0.39 is 6.04 Å². The first kappa shape index (κ1) is 16.3. The van der Waals surface area contributed by atoms with Gasteiger partial charge in [0.25, 0.3) is 0 Å². The lowest BCUT2D eigenvalue weighted by molar-refractivity contribution is -0.144. The first-order valence-corrected chi connectivity index (χ1v) is 8.79. The van der Waals surface area contributed by atoms with E-state index in [-0.39, 0.29) is 18.4 Å². The van der Waals surface area contributed by atoms with Crippen LogP contribution in [0.25, 0.3) is 10.8 Å². The molecule has 1 aliphatic heterocycles. The Balaban J connectivity index is 1.57. The third-order valence-corrected chi connectivity index (χ3v) is 4.80. The van der Waals surface area contributed by atoms with E-state index in [9.17, 15) is 9.59 Å². The van der Waals surface area contributed by atoms with E-state index in [2.05, 4.69) is 23.5 Å². The number of piperazine rings is 1. The molecule has 4 heteroatoms. The van der Waals surface area contributed by atoms with Crippen LogP contribution in [0.2, 0.25) is 0 Å². The van der Waals surface area contributed by atoms with Gasteiger partial charge in [-0.3, -0.25) is 9.59 Å². The van der Waals surface area contributed by atoms with Gasteiger partial charge in [0, 0.05) is 13.0 Å². The second-order valence-electron chi connectivity index (χ2n) is 6.64. The maximum absolute atomic E-state index is 12.9. The number of carbonyl (C=O) groups is 2.